The Morgan fingerprint density at radius 1 is 1.24 bits per heavy atom. The van der Waals surface area contributed by atoms with E-state index >= 15 is 0 Å². The normalized spacial score (nSPS) is 15.9. The molecule has 1 fully saturated rings. The molecule has 0 bridgehead atoms. The molecule has 9 heteroatoms. The van der Waals surface area contributed by atoms with Crippen LogP contribution in [0.2, 0.25) is 0 Å². The third-order valence-electron chi connectivity index (χ3n) is 5.17. The summed E-state index contributed by atoms with van der Waals surface area (Å²) in [6, 6.07) is 9.22. The maximum Gasteiger partial charge on any atom is 0.226 e. The molecular formula is C24H26F2N6O. The van der Waals surface area contributed by atoms with Gasteiger partial charge in [0.05, 0.1) is 5.56 Å². The van der Waals surface area contributed by atoms with E-state index in [1.165, 1.54) is 12.2 Å². The van der Waals surface area contributed by atoms with Crippen molar-refractivity contribution in [1.82, 2.24) is 10.4 Å². The van der Waals surface area contributed by atoms with Crippen LogP contribution < -0.4 is 21.9 Å². The van der Waals surface area contributed by atoms with Gasteiger partial charge in [0.1, 0.15) is 17.8 Å². The molecule has 33 heavy (non-hydrogen) atoms. The number of carbonyl (C=O) groups excluding carboxylic acids is 1. The van der Waals surface area contributed by atoms with Gasteiger partial charge in [-0.1, -0.05) is 24.3 Å². The van der Waals surface area contributed by atoms with Crippen LogP contribution in [0.1, 0.15) is 31.7 Å². The number of nitrogens with two attached hydrogens (primary N) is 2. The number of nitrogens with zero attached hydrogens (tertiary/aromatic N) is 3. The average molecular weight is 453 g/mol. The lowest BCUT2D eigenvalue weighted by Gasteiger charge is -2.26. The van der Waals surface area contributed by atoms with Gasteiger partial charge in [-0.3, -0.25) is 4.79 Å². The number of rotatable bonds is 6. The van der Waals surface area contributed by atoms with E-state index in [-0.39, 0.29) is 29.6 Å². The van der Waals surface area contributed by atoms with Crippen molar-refractivity contribution in [1.29, 1.82) is 0 Å². The Hall–Kier alpha value is -3.85. The van der Waals surface area contributed by atoms with Crippen molar-refractivity contribution < 1.29 is 13.6 Å². The highest BCUT2D eigenvalue weighted by atomic mass is 19.2. The second kappa shape index (κ2) is 11.1. The van der Waals surface area contributed by atoms with Crippen molar-refractivity contribution in [2.24, 2.45) is 10.8 Å². The van der Waals surface area contributed by atoms with Gasteiger partial charge >= 0.3 is 0 Å². The second-order valence-electron chi connectivity index (χ2n) is 7.35. The molecule has 0 saturated carbocycles. The van der Waals surface area contributed by atoms with Crippen LogP contribution in [0.25, 0.3) is 11.1 Å². The van der Waals surface area contributed by atoms with Gasteiger partial charge in [-0.2, -0.15) is 0 Å². The van der Waals surface area contributed by atoms with Gasteiger partial charge in [-0.25, -0.2) is 24.6 Å². The smallest absolute Gasteiger partial charge is 0.226 e. The summed E-state index contributed by atoms with van der Waals surface area (Å²) in [5.74, 6) is 4.71. The van der Waals surface area contributed by atoms with Crippen LogP contribution in [-0.4, -0.2) is 23.3 Å². The van der Waals surface area contributed by atoms with Gasteiger partial charge in [0, 0.05) is 30.4 Å². The fourth-order valence-electron chi connectivity index (χ4n) is 3.44. The predicted octanol–water partition coefficient (Wildman–Crippen LogP) is 4.30. The largest absolute Gasteiger partial charge is 0.383 e. The van der Waals surface area contributed by atoms with Crippen molar-refractivity contribution in [3.8, 4) is 11.1 Å². The number of carbonyl (C=O) groups is 1. The third kappa shape index (κ3) is 5.69. The fourth-order valence-corrected chi connectivity index (χ4v) is 3.44. The number of pyridine rings is 1. The van der Waals surface area contributed by atoms with Gasteiger partial charge in [0.15, 0.2) is 11.7 Å². The number of hydrogen-bond acceptors (Lipinski definition) is 5. The standard InChI is InChI=1S/C24H26F2N6O/c1-2-3-6-21(20(26)14-25)30-24(31-28)19-13-17(15-29-23(19)27)16-8-10-18(11-9-16)32-12-5-4-7-22(32)33/h2-3,6,8-11,13-15H,4-5,7,12,28H2,1H3,(H2,27,29)(H,30,31)/b3-2-,20-14-,21-6+. The number of hydrogen-bond donors (Lipinski definition) is 3. The Balaban J connectivity index is 1.96. The number of benzene rings is 1. The number of nitrogens with one attached hydrogen (secondary N) is 1. The van der Waals surface area contributed by atoms with Crippen LogP contribution in [-0.2, 0) is 4.79 Å². The zero-order valence-corrected chi connectivity index (χ0v) is 18.3. The number of anilines is 2. The molecule has 0 radical (unpaired) electrons. The Morgan fingerprint density at radius 3 is 2.64 bits per heavy atom. The summed E-state index contributed by atoms with van der Waals surface area (Å²) in [7, 11) is 0. The Morgan fingerprint density at radius 2 is 2.00 bits per heavy atom. The summed E-state index contributed by atoms with van der Waals surface area (Å²) in [6.07, 6.45) is 8.34. The van der Waals surface area contributed by atoms with Crippen LogP contribution >= 0.6 is 0 Å². The molecular weight excluding hydrogens is 426 g/mol. The number of allylic oxidation sites excluding steroid dienone is 4. The molecule has 1 aromatic heterocycles. The molecule has 0 atom stereocenters. The number of halogens is 2. The van der Waals surface area contributed by atoms with Crippen molar-refractivity contribution in [3.63, 3.8) is 0 Å². The number of aromatic nitrogens is 1. The first-order valence-corrected chi connectivity index (χ1v) is 10.5. The Labute approximate surface area is 191 Å². The quantitative estimate of drug-likeness (QED) is 0.199. The van der Waals surface area contributed by atoms with Crippen molar-refractivity contribution in [3.05, 3.63) is 78.2 Å². The number of amides is 1. The molecule has 1 aliphatic heterocycles. The molecule has 1 aliphatic rings. The Kier molecular flexibility index (Phi) is 8.04. The highest BCUT2D eigenvalue weighted by Gasteiger charge is 2.19. The highest BCUT2D eigenvalue weighted by Crippen LogP contribution is 2.27. The number of nitrogen functional groups attached to an aromatic ring is 1. The lowest BCUT2D eigenvalue weighted by Crippen LogP contribution is -2.35. The molecule has 3 rings (SSSR count). The lowest BCUT2D eigenvalue weighted by molar-refractivity contribution is -0.119. The number of aliphatic imine (C=N–C) groups is 1. The molecule has 1 amide bonds. The van der Waals surface area contributed by atoms with E-state index in [0.717, 1.165) is 24.1 Å². The fraction of sp³-hybridized carbons (Fsp3) is 0.208. The molecule has 172 valence electrons. The molecule has 2 heterocycles. The van der Waals surface area contributed by atoms with E-state index < -0.39 is 5.83 Å². The van der Waals surface area contributed by atoms with Crippen LogP contribution in [0.5, 0.6) is 0 Å². The molecule has 0 spiro atoms. The number of hydrazine groups is 1. The zero-order chi connectivity index (χ0) is 23.8. The van der Waals surface area contributed by atoms with Crippen molar-refractivity contribution >= 4 is 23.2 Å². The minimum Gasteiger partial charge on any atom is -0.383 e. The number of amidine groups is 1. The first kappa shape index (κ1) is 23.8. The molecule has 1 aromatic carbocycles. The van der Waals surface area contributed by atoms with Crippen molar-refractivity contribution in [2.45, 2.75) is 26.2 Å². The first-order valence-electron chi connectivity index (χ1n) is 10.5. The third-order valence-corrected chi connectivity index (χ3v) is 5.17. The summed E-state index contributed by atoms with van der Waals surface area (Å²) < 4.78 is 26.7. The van der Waals surface area contributed by atoms with E-state index in [1.54, 1.807) is 30.2 Å². The summed E-state index contributed by atoms with van der Waals surface area (Å²) >= 11 is 0. The van der Waals surface area contributed by atoms with E-state index in [4.69, 9.17) is 11.6 Å². The molecule has 1 saturated heterocycles. The van der Waals surface area contributed by atoms with Gasteiger partial charge in [-0.05, 0) is 49.6 Å². The molecule has 0 aliphatic carbocycles. The van der Waals surface area contributed by atoms with E-state index in [9.17, 15) is 13.6 Å². The lowest BCUT2D eigenvalue weighted by atomic mass is 10.0. The zero-order valence-electron chi connectivity index (χ0n) is 18.3. The summed E-state index contributed by atoms with van der Waals surface area (Å²) in [6.45, 7) is 2.44. The van der Waals surface area contributed by atoms with Gasteiger partial charge < -0.3 is 16.1 Å². The van der Waals surface area contributed by atoms with Crippen molar-refractivity contribution in [2.75, 3.05) is 17.2 Å². The Bertz CT molecular complexity index is 1120. The first-order chi connectivity index (χ1) is 16.0. The van der Waals surface area contributed by atoms with E-state index in [1.807, 2.05) is 24.3 Å². The highest BCUT2D eigenvalue weighted by molar-refractivity contribution is 6.03. The van der Waals surface area contributed by atoms with Gasteiger partial charge in [0.2, 0.25) is 5.91 Å². The minimum atomic E-state index is -1.16. The summed E-state index contributed by atoms with van der Waals surface area (Å²) in [4.78, 5) is 22.3. The van der Waals surface area contributed by atoms with Gasteiger partial charge in [-0.15, -0.1) is 0 Å². The molecule has 2 aromatic rings. The molecule has 0 unspecified atom stereocenters. The topological polar surface area (TPSA) is 110 Å². The SMILES string of the molecule is C\C=C/C=C(N=C(NN)c1cc(-c2ccc(N3CCCCC3=O)cc2)cnc1N)\C(F)=C\F. The van der Waals surface area contributed by atoms with E-state index in [0.29, 0.717) is 24.1 Å². The van der Waals surface area contributed by atoms with Gasteiger partial charge in [0.25, 0.3) is 0 Å². The summed E-state index contributed by atoms with van der Waals surface area (Å²) in [5.41, 5.74) is 10.8. The maximum absolute atomic E-state index is 13.9. The minimum absolute atomic E-state index is 0.0186. The second-order valence-corrected chi connectivity index (χ2v) is 7.35. The van der Waals surface area contributed by atoms with Crippen LogP contribution in [0.15, 0.2) is 77.6 Å². The van der Waals surface area contributed by atoms with E-state index in [2.05, 4.69) is 15.4 Å². The van der Waals surface area contributed by atoms with Crippen LogP contribution in [0.3, 0.4) is 0 Å². The number of piperidine rings is 1. The molecule has 7 nitrogen and oxygen atoms in total. The van der Waals surface area contributed by atoms with Crippen LogP contribution in [0.4, 0.5) is 20.3 Å². The maximum atomic E-state index is 13.9. The monoisotopic (exact) mass is 452 g/mol. The van der Waals surface area contributed by atoms with Crippen LogP contribution in [0, 0.1) is 0 Å². The average Bonchev–Trinajstić information content (AvgIpc) is 2.85. The predicted molar refractivity (Wildman–Crippen MR) is 127 cm³/mol. The molecule has 5 N–H and O–H groups in total. The summed E-state index contributed by atoms with van der Waals surface area (Å²) in [5, 5.41) is 0.